The Balaban J connectivity index is 1.93. The average molecular weight is 402 g/mol. The first-order valence-corrected chi connectivity index (χ1v) is 8.31. The molecule has 0 radical (unpaired) electrons. The summed E-state index contributed by atoms with van der Waals surface area (Å²) in [6, 6.07) is 10.6. The van der Waals surface area contributed by atoms with Gasteiger partial charge in [0.1, 0.15) is 5.69 Å². The lowest BCUT2D eigenvalue weighted by Crippen LogP contribution is -2.33. The topological polar surface area (TPSA) is 59.7 Å². The third-order valence-corrected chi connectivity index (χ3v) is 3.57. The molecule has 0 amide bonds. The van der Waals surface area contributed by atoms with Crippen molar-refractivity contribution in [3.05, 3.63) is 78.4 Å². The maximum Gasteiger partial charge on any atom is 0.461 e. The lowest BCUT2D eigenvalue weighted by atomic mass is 10.2. The normalized spacial score (nSPS) is 12.2. The predicted octanol–water partition coefficient (Wildman–Crippen LogP) is 5.21. The number of aromatic nitrogens is 2. The molecular weight excluding hydrogens is 388 g/mol. The van der Waals surface area contributed by atoms with Crippen molar-refractivity contribution in [2.24, 2.45) is 9.98 Å². The average Bonchev–Trinajstić information content (AvgIpc) is 2.73. The van der Waals surface area contributed by atoms with Crippen molar-refractivity contribution in [1.29, 1.82) is 0 Å². The van der Waals surface area contributed by atoms with Gasteiger partial charge in [0, 0.05) is 37.2 Å². The number of benzene rings is 1. The van der Waals surface area contributed by atoms with Crippen LogP contribution in [0.25, 0.3) is 0 Å². The van der Waals surface area contributed by atoms with Gasteiger partial charge in [0.25, 0.3) is 0 Å². The zero-order chi connectivity index (χ0) is 20.7. The summed E-state index contributed by atoms with van der Waals surface area (Å²) in [7, 11) is 0. The van der Waals surface area contributed by atoms with Crippen molar-refractivity contribution in [1.82, 2.24) is 9.97 Å². The summed E-state index contributed by atoms with van der Waals surface area (Å²) in [5.74, 6) is -0.497. The molecule has 5 nitrogen and oxygen atoms in total. The van der Waals surface area contributed by atoms with Crippen LogP contribution in [0.2, 0.25) is 0 Å². The first-order chi connectivity index (χ1) is 13.9. The van der Waals surface area contributed by atoms with E-state index in [1.165, 1.54) is 30.7 Å². The highest BCUT2D eigenvalue weighted by atomic mass is 19.3. The zero-order valence-corrected chi connectivity index (χ0v) is 14.8. The van der Waals surface area contributed by atoms with Gasteiger partial charge in [0.15, 0.2) is 5.75 Å². The van der Waals surface area contributed by atoms with E-state index in [4.69, 9.17) is 0 Å². The first-order valence-electron chi connectivity index (χ1n) is 8.31. The summed E-state index contributed by atoms with van der Waals surface area (Å²) in [6.45, 7) is 0. The van der Waals surface area contributed by atoms with Crippen LogP contribution in [0.4, 0.5) is 28.9 Å². The molecule has 2 aromatic heterocycles. The molecule has 3 rings (SSSR count). The van der Waals surface area contributed by atoms with Gasteiger partial charge in [-0.3, -0.25) is 20.0 Å². The smallest absolute Gasteiger partial charge is 0.426 e. The summed E-state index contributed by atoms with van der Waals surface area (Å²) in [4.78, 5) is 16.1. The van der Waals surface area contributed by atoms with E-state index in [2.05, 4.69) is 24.7 Å². The lowest BCUT2D eigenvalue weighted by Gasteiger charge is -2.18. The van der Waals surface area contributed by atoms with Crippen LogP contribution in [0.1, 0.15) is 11.1 Å². The van der Waals surface area contributed by atoms with E-state index in [0.29, 0.717) is 11.3 Å². The van der Waals surface area contributed by atoms with Gasteiger partial charge in [-0.25, -0.2) is 0 Å². The molecule has 0 saturated heterocycles. The number of pyridine rings is 2. The minimum absolute atomic E-state index is 0.0773. The quantitative estimate of drug-likeness (QED) is 0.402. The van der Waals surface area contributed by atoms with Crippen molar-refractivity contribution in [2.45, 2.75) is 12.5 Å². The Morgan fingerprint density at radius 2 is 1.38 bits per heavy atom. The molecule has 0 aliphatic carbocycles. The van der Waals surface area contributed by atoms with Gasteiger partial charge in [-0.15, -0.1) is 0 Å². The fourth-order valence-corrected chi connectivity index (χ4v) is 2.16. The second-order valence-corrected chi connectivity index (χ2v) is 5.69. The molecule has 0 unspecified atom stereocenters. The fraction of sp³-hybridized carbons (Fsp3) is 0.100. The Morgan fingerprint density at radius 1 is 0.828 bits per heavy atom. The van der Waals surface area contributed by atoms with E-state index in [1.54, 1.807) is 42.9 Å². The Hall–Kier alpha value is -3.62. The second kappa shape index (κ2) is 9.05. The van der Waals surface area contributed by atoms with Crippen molar-refractivity contribution in [3.8, 4) is 5.75 Å². The molecular formula is C20H14F4N4O. The van der Waals surface area contributed by atoms with E-state index in [-0.39, 0.29) is 5.69 Å². The number of rotatable bonds is 7. The molecule has 0 fully saturated rings. The van der Waals surface area contributed by atoms with E-state index >= 15 is 0 Å². The van der Waals surface area contributed by atoms with Crippen molar-refractivity contribution in [3.63, 3.8) is 0 Å². The number of alkyl halides is 4. The van der Waals surface area contributed by atoms with E-state index in [0.717, 1.165) is 11.6 Å². The van der Waals surface area contributed by atoms with E-state index in [9.17, 15) is 17.6 Å². The number of hydrogen-bond donors (Lipinski definition) is 0. The van der Waals surface area contributed by atoms with Crippen molar-refractivity contribution < 1.29 is 22.3 Å². The van der Waals surface area contributed by atoms with Gasteiger partial charge in [0.2, 0.25) is 0 Å². The van der Waals surface area contributed by atoms with Gasteiger partial charge in [-0.1, -0.05) is 0 Å². The minimum atomic E-state index is -4.65. The molecule has 0 aliphatic rings. The highest BCUT2D eigenvalue weighted by Crippen LogP contribution is 2.36. The molecule has 0 saturated carbocycles. The molecule has 2 heterocycles. The third-order valence-electron chi connectivity index (χ3n) is 3.57. The van der Waals surface area contributed by atoms with E-state index < -0.39 is 18.3 Å². The van der Waals surface area contributed by atoms with Gasteiger partial charge in [-0.2, -0.15) is 17.6 Å². The molecule has 3 aromatic rings. The van der Waals surface area contributed by atoms with Gasteiger partial charge >= 0.3 is 12.5 Å². The maximum absolute atomic E-state index is 13.4. The number of nitrogens with zero attached hydrogens (tertiary/aromatic N) is 4. The van der Waals surface area contributed by atoms with Crippen LogP contribution in [0.15, 0.2) is 77.2 Å². The highest BCUT2D eigenvalue weighted by Gasteiger charge is 2.44. The molecule has 0 bridgehead atoms. The first kappa shape index (κ1) is 20.1. The van der Waals surface area contributed by atoms with Gasteiger partial charge in [0.05, 0.1) is 5.69 Å². The van der Waals surface area contributed by atoms with Crippen LogP contribution in [0, 0.1) is 0 Å². The third kappa shape index (κ3) is 5.68. The van der Waals surface area contributed by atoms with Crippen molar-refractivity contribution >= 4 is 23.8 Å². The minimum Gasteiger partial charge on any atom is -0.426 e. The largest absolute Gasteiger partial charge is 0.461 e. The summed E-state index contributed by atoms with van der Waals surface area (Å²) < 4.78 is 56.0. The summed E-state index contributed by atoms with van der Waals surface area (Å²) in [5, 5.41) is 0. The predicted molar refractivity (Wildman–Crippen MR) is 101 cm³/mol. The van der Waals surface area contributed by atoms with Crippen molar-refractivity contribution in [2.75, 3.05) is 0 Å². The van der Waals surface area contributed by atoms with Crippen LogP contribution < -0.4 is 4.74 Å². The van der Waals surface area contributed by atoms with Crippen LogP contribution >= 0.6 is 0 Å². The number of ether oxygens (including phenoxy) is 1. The molecule has 1 aromatic carbocycles. The molecule has 0 atom stereocenters. The summed E-state index contributed by atoms with van der Waals surface area (Å²) in [5.41, 5.74) is 1.70. The lowest BCUT2D eigenvalue weighted by molar-refractivity contribution is -0.252. The highest BCUT2D eigenvalue weighted by molar-refractivity contribution is 5.84. The van der Waals surface area contributed by atoms with Crippen LogP contribution in [0.5, 0.6) is 5.75 Å². The Bertz CT molecular complexity index is 996. The summed E-state index contributed by atoms with van der Waals surface area (Å²) in [6.07, 6.45) is 0.525. The van der Waals surface area contributed by atoms with Gasteiger partial charge < -0.3 is 4.74 Å². The van der Waals surface area contributed by atoms with Crippen LogP contribution in [-0.4, -0.2) is 34.9 Å². The second-order valence-electron chi connectivity index (χ2n) is 5.69. The Morgan fingerprint density at radius 3 is 1.93 bits per heavy atom. The SMILES string of the molecule is FC(F)C(F)(F)Oc1ccc(N=Cc2ccncc2)cc1N=Cc1ccncc1. The molecule has 9 heteroatoms. The number of halogens is 4. The van der Waals surface area contributed by atoms with Crippen LogP contribution in [-0.2, 0) is 0 Å². The zero-order valence-electron chi connectivity index (χ0n) is 14.8. The molecule has 29 heavy (non-hydrogen) atoms. The fourth-order valence-electron chi connectivity index (χ4n) is 2.16. The van der Waals surface area contributed by atoms with Crippen LogP contribution in [0.3, 0.4) is 0 Å². The number of aliphatic imine (C=N–C) groups is 2. The number of hydrogen-bond acceptors (Lipinski definition) is 5. The maximum atomic E-state index is 13.4. The Labute approximate surface area is 163 Å². The van der Waals surface area contributed by atoms with Gasteiger partial charge in [-0.05, 0) is 53.6 Å². The molecule has 0 aliphatic heterocycles. The van der Waals surface area contributed by atoms with E-state index in [1.807, 2.05) is 0 Å². The Kier molecular flexibility index (Phi) is 6.28. The molecule has 0 N–H and O–H groups in total. The summed E-state index contributed by atoms with van der Waals surface area (Å²) >= 11 is 0. The molecule has 0 spiro atoms. The molecule has 148 valence electrons. The monoisotopic (exact) mass is 402 g/mol. The standard InChI is InChI=1S/C20H14F4N4O/c21-19(22)20(23,24)29-18-2-1-16(27-12-14-3-7-25-8-4-14)11-17(18)28-13-15-5-9-26-10-6-15/h1-13,19H.